The predicted octanol–water partition coefficient (Wildman–Crippen LogP) is 1.06. The summed E-state index contributed by atoms with van der Waals surface area (Å²) in [5.74, 6) is 2.27. The van der Waals surface area contributed by atoms with Crippen molar-refractivity contribution < 1.29 is 4.52 Å². The van der Waals surface area contributed by atoms with Crippen LogP contribution in [0, 0.1) is 5.92 Å². The molecule has 2 heterocycles. The second-order valence-electron chi connectivity index (χ2n) is 4.72. The second kappa shape index (κ2) is 6.12. The molecule has 1 aromatic heterocycles. The summed E-state index contributed by atoms with van der Waals surface area (Å²) < 4.78 is 5.15. The van der Waals surface area contributed by atoms with Gasteiger partial charge in [0.15, 0.2) is 5.82 Å². The Bertz CT molecular complexity index is 331. The van der Waals surface area contributed by atoms with Crippen molar-refractivity contribution in [1.82, 2.24) is 20.4 Å². The monoisotopic (exact) mass is 238 g/mol. The van der Waals surface area contributed by atoms with E-state index in [1.54, 1.807) is 0 Å². The topological polar surface area (TPSA) is 54.2 Å². The van der Waals surface area contributed by atoms with E-state index in [4.69, 9.17) is 4.52 Å². The van der Waals surface area contributed by atoms with Crippen LogP contribution in [-0.4, -0.2) is 41.7 Å². The molecule has 1 aliphatic rings. The molecule has 17 heavy (non-hydrogen) atoms. The van der Waals surface area contributed by atoms with Crippen molar-refractivity contribution in [3.8, 4) is 0 Å². The summed E-state index contributed by atoms with van der Waals surface area (Å²) in [6.45, 7) is 6.47. The zero-order valence-corrected chi connectivity index (χ0v) is 10.8. The fourth-order valence-corrected chi connectivity index (χ4v) is 2.36. The molecule has 1 N–H and O–H groups in total. The van der Waals surface area contributed by atoms with Crippen LogP contribution in [0.1, 0.15) is 31.5 Å². The van der Waals surface area contributed by atoms with Crippen LogP contribution in [0.5, 0.6) is 0 Å². The van der Waals surface area contributed by atoms with E-state index in [1.165, 1.54) is 32.5 Å². The van der Waals surface area contributed by atoms with Crippen LogP contribution >= 0.6 is 0 Å². The zero-order valence-electron chi connectivity index (χ0n) is 10.8. The molecule has 1 aliphatic heterocycles. The Balaban J connectivity index is 1.80. The molecule has 0 amide bonds. The standard InChI is InChI=1S/C12H22N4O/c1-3-16-6-4-10(5-7-16)8-11-14-12(9-13-2)17-15-11/h10,13H,3-9H2,1-2H3. The van der Waals surface area contributed by atoms with Gasteiger partial charge in [-0.15, -0.1) is 0 Å². The number of rotatable bonds is 5. The molecule has 0 aromatic carbocycles. The smallest absolute Gasteiger partial charge is 0.240 e. The molecule has 0 unspecified atom stereocenters. The van der Waals surface area contributed by atoms with Gasteiger partial charge < -0.3 is 14.7 Å². The Labute approximate surface area is 103 Å². The molecular formula is C12H22N4O. The first kappa shape index (κ1) is 12.5. The minimum atomic E-state index is 0.654. The summed E-state index contributed by atoms with van der Waals surface area (Å²) in [5, 5.41) is 7.04. The van der Waals surface area contributed by atoms with E-state index in [0.717, 1.165) is 18.2 Å². The van der Waals surface area contributed by atoms with Crippen LogP contribution in [0.15, 0.2) is 4.52 Å². The normalized spacial score (nSPS) is 18.7. The molecule has 0 saturated carbocycles. The molecule has 1 fully saturated rings. The molecular weight excluding hydrogens is 216 g/mol. The molecule has 0 aliphatic carbocycles. The van der Waals surface area contributed by atoms with Crippen molar-refractivity contribution >= 4 is 0 Å². The van der Waals surface area contributed by atoms with Gasteiger partial charge in [0.1, 0.15) is 0 Å². The number of piperidine rings is 1. The lowest BCUT2D eigenvalue weighted by molar-refractivity contribution is 0.190. The molecule has 1 saturated heterocycles. The lowest BCUT2D eigenvalue weighted by Crippen LogP contribution is -2.34. The van der Waals surface area contributed by atoms with Crippen LogP contribution < -0.4 is 5.32 Å². The van der Waals surface area contributed by atoms with E-state index < -0.39 is 0 Å². The number of likely N-dealkylation sites (tertiary alicyclic amines) is 1. The highest BCUT2D eigenvalue weighted by Crippen LogP contribution is 2.20. The average Bonchev–Trinajstić information content (AvgIpc) is 2.78. The van der Waals surface area contributed by atoms with Gasteiger partial charge in [-0.05, 0) is 45.4 Å². The Morgan fingerprint density at radius 3 is 2.82 bits per heavy atom. The van der Waals surface area contributed by atoms with Crippen molar-refractivity contribution in [1.29, 1.82) is 0 Å². The van der Waals surface area contributed by atoms with Gasteiger partial charge in [0.2, 0.25) is 5.89 Å². The first-order valence-corrected chi connectivity index (χ1v) is 6.50. The van der Waals surface area contributed by atoms with Crippen LogP contribution in [0.2, 0.25) is 0 Å². The highest BCUT2D eigenvalue weighted by atomic mass is 16.5. The van der Waals surface area contributed by atoms with Crippen LogP contribution in [0.3, 0.4) is 0 Å². The van der Waals surface area contributed by atoms with E-state index in [0.29, 0.717) is 12.4 Å². The highest BCUT2D eigenvalue weighted by Gasteiger charge is 2.20. The molecule has 0 radical (unpaired) electrons. The Hall–Kier alpha value is -0.940. The highest BCUT2D eigenvalue weighted by molar-refractivity contribution is 4.89. The second-order valence-corrected chi connectivity index (χ2v) is 4.72. The van der Waals surface area contributed by atoms with Crippen molar-refractivity contribution in [3.05, 3.63) is 11.7 Å². The van der Waals surface area contributed by atoms with Gasteiger partial charge in [-0.25, -0.2) is 0 Å². The number of nitrogens with zero attached hydrogens (tertiary/aromatic N) is 3. The number of aromatic nitrogens is 2. The third-order valence-electron chi connectivity index (χ3n) is 3.46. The van der Waals surface area contributed by atoms with E-state index >= 15 is 0 Å². The molecule has 2 rings (SSSR count). The summed E-state index contributed by atoms with van der Waals surface area (Å²) in [6.07, 6.45) is 3.47. The maximum Gasteiger partial charge on any atom is 0.240 e. The molecule has 5 nitrogen and oxygen atoms in total. The van der Waals surface area contributed by atoms with Crippen molar-refractivity contribution in [3.63, 3.8) is 0 Å². The van der Waals surface area contributed by atoms with Crippen molar-refractivity contribution in [2.45, 2.75) is 32.7 Å². The van der Waals surface area contributed by atoms with Gasteiger partial charge in [0.25, 0.3) is 0 Å². The van der Waals surface area contributed by atoms with Gasteiger partial charge in [0.05, 0.1) is 6.54 Å². The van der Waals surface area contributed by atoms with Gasteiger partial charge in [-0.2, -0.15) is 4.98 Å². The molecule has 0 spiro atoms. The maximum atomic E-state index is 5.15. The average molecular weight is 238 g/mol. The van der Waals surface area contributed by atoms with Crippen LogP contribution in [0.25, 0.3) is 0 Å². The fraction of sp³-hybridized carbons (Fsp3) is 0.833. The minimum absolute atomic E-state index is 0.654. The fourth-order valence-electron chi connectivity index (χ4n) is 2.36. The number of hydrogen-bond donors (Lipinski definition) is 1. The zero-order chi connectivity index (χ0) is 12.1. The predicted molar refractivity (Wildman–Crippen MR) is 65.6 cm³/mol. The quantitative estimate of drug-likeness (QED) is 0.831. The van der Waals surface area contributed by atoms with E-state index in [-0.39, 0.29) is 0 Å². The third kappa shape index (κ3) is 3.51. The first-order chi connectivity index (χ1) is 8.31. The maximum absolute atomic E-state index is 5.15. The summed E-state index contributed by atoms with van der Waals surface area (Å²) in [7, 11) is 1.88. The summed E-state index contributed by atoms with van der Waals surface area (Å²) in [4.78, 5) is 6.88. The minimum Gasteiger partial charge on any atom is -0.338 e. The van der Waals surface area contributed by atoms with Gasteiger partial charge in [0, 0.05) is 6.42 Å². The summed E-state index contributed by atoms with van der Waals surface area (Å²) in [5.41, 5.74) is 0. The molecule has 5 heteroatoms. The largest absolute Gasteiger partial charge is 0.338 e. The first-order valence-electron chi connectivity index (χ1n) is 6.50. The Kier molecular flexibility index (Phi) is 4.50. The van der Waals surface area contributed by atoms with Gasteiger partial charge in [-0.1, -0.05) is 12.1 Å². The SMILES string of the molecule is CCN1CCC(Cc2noc(CNC)n2)CC1. The van der Waals surface area contributed by atoms with Crippen molar-refractivity contribution in [2.24, 2.45) is 5.92 Å². The molecule has 0 bridgehead atoms. The van der Waals surface area contributed by atoms with Crippen LogP contribution in [0.4, 0.5) is 0 Å². The Morgan fingerprint density at radius 1 is 1.41 bits per heavy atom. The lowest BCUT2D eigenvalue weighted by atomic mass is 9.93. The summed E-state index contributed by atoms with van der Waals surface area (Å²) >= 11 is 0. The number of nitrogens with one attached hydrogen (secondary N) is 1. The molecule has 0 atom stereocenters. The van der Waals surface area contributed by atoms with E-state index in [1.807, 2.05) is 7.05 Å². The van der Waals surface area contributed by atoms with Crippen LogP contribution in [-0.2, 0) is 13.0 Å². The number of hydrogen-bond acceptors (Lipinski definition) is 5. The van der Waals surface area contributed by atoms with E-state index in [2.05, 4.69) is 27.3 Å². The van der Waals surface area contributed by atoms with E-state index in [9.17, 15) is 0 Å². The molecule has 96 valence electrons. The Morgan fingerprint density at radius 2 is 2.18 bits per heavy atom. The van der Waals surface area contributed by atoms with Crippen molar-refractivity contribution in [2.75, 3.05) is 26.7 Å². The van der Waals surface area contributed by atoms with Gasteiger partial charge >= 0.3 is 0 Å². The van der Waals surface area contributed by atoms with Gasteiger partial charge in [-0.3, -0.25) is 0 Å². The molecule has 1 aromatic rings. The summed E-state index contributed by atoms with van der Waals surface area (Å²) in [6, 6.07) is 0. The third-order valence-corrected chi connectivity index (χ3v) is 3.46. The lowest BCUT2D eigenvalue weighted by Gasteiger charge is -2.30.